The molecular formula is C19H28N4O. The van der Waals surface area contributed by atoms with E-state index in [2.05, 4.69) is 39.9 Å². The minimum absolute atomic E-state index is 0.759. The van der Waals surface area contributed by atoms with Gasteiger partial charge in [0, 0.05) is 64.1 Å². The minimum Gasteiger partial charge on any atom is -0.371 e. The van der Waals surface area contributed by atoms with Crippen LogP contribution in [0.2, 0.25) is 0 Å². The molecule has 1 amide bonds. The maximum absolute atomic E-state index is 11.0. The number of fused-ring (bicyclic) bond motifs is 1. The Morgan fingerprint density at radius 2 is 1.67 bits per heavy atom. The van der Waals surface area contributed by atoms with Crippen molar-refractivity contribution >= 4 is 12.1 Å². The zero-order chi connectivity index (χ0) is 16.5. The predicted molar refractivity (Wildman–Crippen MR) is 96.1 cm³/mol. The number of hydrogen-bond donors (Lipinski definition) is 0. The Balaban J connectivity index is 1.36. The molecule has 2 saturated heterocycles. The number of anilines is 1. The Bertz CT molecular complexity index is 589. The molecule has 0 N–H and O–H groups in total. The van der Waals surface area contributed by atoms with Crippen LogP contribution in [0.4, 0.5) is 5.69 Å². The van der Waals surface area contributed by atoms with Gasteiger partial charge in [0.1, 0.15) is 0 Å². The van der Waals surface area contributed by atoms with Crippen molar-refractivity contribution < 1.29 is 4.79 Å². The summed E-state index contributed by atoms with van der Waals surface area (Å²) < 4.78 is 0. The normalized spacial score (nSPS) is 23.5. The molecule has 3 heterocycles. The monoisotopic (exact) mass is 328 g/mol. The quantitative estimate of drug-likeness (QED) is 0.784. The molecule has 2 fully saturated rings. The Morgan fingerprint density at radius 1 is 0.958 bits per heavy atom. The fourth-order valence-electron chi connectivity index (χ4n) is 4.35. The van der Waals surface area contributed by atoms with Crippen molar-refractivity contribution in [2.24, 2.45) is 0 Å². The molecule has 0 spiro atoms. The number of hydrogen-bond acceptors (Lipinski definition) is 4. The molecule has 5 heteroatoms. The second-order valence-corrected chi connectivity index (χ2v) is 7.52. The van der Waals surface area contributed by atoms with E-state index in [1.807, 2.05) is 4.90 Å². The molecule has 1 aromatic rings. The molecule has 3 aliphatic rings. The Hall–Kier alpha value is -1.59. The summed E-state index contributed by atoms with van der Waals surface area (Å²) in [5.41, 5.74) is 3.96. The molecule has 0 aromatic heterocycles. The standard InChI is InChI=1S/C19H28N4O/c1-20-8-10-23(11-9-20)18-4-6-22(7-5-18)19-3-2-16-13-21(15-24)14-17(16)12-19/h2-3,12,15,18H,4-11,13-14H2,1H3. The van der Waals surface area contributed by atoms with Gasteiger partial charge in [-0.3, -0.25) is 9.69 Å². The molecule has 5 nitrogen and oxygen atoms in total. The van der Waals surface area contributed by atoms with Crippen LogP contribution in [-0.4, -0.2) is 73.5 Å². The predicted octanol–water partition coefficient (Wildman–Crippen LogP) is 1.37. The second-order valence-electron chi connectivity index (χ2n) is 7.52. The number of amides is 1. The molecule has 0 unspecified atom stereocenters. The molecule has 0 radical (unpaired) electrons. The highest BCUT2D eigenvalue weighted by atomic mass is 16.1. The van der Waals surface area contributed by atoms with Gasteiger partial charge in [-0.25, -0.2) is 0 Å². The third-order valence-electron chi connectivity index (χ3n) is 5.97. The van der Waals surface area contributed by atoms with Crippen molar-refractivity contribution in [1.29, 1.82) is 0 Å². The van der Waals surface area contributed by atoms with Gasteiger partial charge in [-0.2, -0.15) is 0 Å². The van der Waals surface area contributed by atoms with Crippen LogP contribution in [0.15, 0.2) is 18.2 Å². The van der Waals surface area contributed by atoms with Crippen LogP contribution in [0.5, 0.6) is 0 Å². The zero-order valence-corrected chi connectivity index (χ0v) is 14.7. The summed E-state index contributed by atoms with van der Waals surface area (Å²) in [7, 11) is 2.22. The molecule has 0 atom stereocenters. The third-order valence-corrected chi connectivity index (χ3v) is 5.97. The topological polar surface area (TPSA) is 30.0 Å². The number of carbonyl (C=O) groups excluding carboxylic acids is 1. The summed E-state index contributed by atoms with van der Waals surface area (Å²) in [5.74, 6) is 0. The first-order chi connectivity index (χ1) is 11.7. The van der Waals surface area contributed by atoms with Crippen LogP contribution in [0, 0.1) is 0 Å². The number of benzene rings is 1. The van der Waals surface area contributed by atoms with Crippen LogP contribution in [0.1, 0.15) is 24.0 Å². The van der Waals surface area contributed by atoms with Gasteiger partial charge < -0.3 is 14.7 Å². The molecule has 0 bridgehead atoms. The van der Waals surface area contributed by atoms with Gasteiger partial charge in [0.2, 0.25) is 6.41 Å². The molecule has 0 saturated carbocycles. The molecular weight excluding hydrogens is 300 g/mol. The van der Waals surface area contributed by atoms with E-state index >= 15 is 0 Å². The molecule has 24 heavy (non-hydrogen) atoms. The lowest BCUT2D eigenvalue weighted by molar-refractivity contribution is -0.118. The molecule has 130 valence electrons. The van der Waals surface area contributed by atoms with Crippen molar-refractivity contribution in [3.63, 3.8) is 0 Å². The van der Waals surface area contributed by atoms with E-state index in [1.165, 1.54) is 55.8 Å². The summed E-state index contributed by atoms with van der Waals surface area (Å²) in [6, 6.07) is 7.51. The lowest BCUT2D eigenvalue weighted by atomic mass is 10.0. The Kier molecular flexibility index (Phi) is 4.46. The number of nitrogens with zero attached hydrogens (tertiary/aromatic N) is 4. The molecule has 4 rings (SSSR count). The van der Waals surface area contributed by atoms with Crippen LogP contribution in [0.3, 0.4) is 0 Å². The van der Waals surface area contributed by atoms with E-state index in [-0.39, 0.29) is 0 Å². The van der Waals surface area contributed by atoms with E-state index in [1.54, 1.807) is 0 Å². The van der Waals surface area contributed by atoms with Crippen molar-refractivity contribution in [2.45, 2.75) is 32.0 Å². The second kappa shape index (κ2) is 6.73. The number of likely N-dealkylation sites (N-methyl/N-ethyl adjacent to an activating group) is 1. The number of piperazine rings is 1. The zero-order valence-electron chi connectivity index (χ0n) is 14.7. The van der Waals surface area contributed by atoms with Gasteiger partial charge in [0.05, 0.1) is 0 Å². The highest BCUT2D eigenvalue weighted by molar-refractivity contribution is 5.56. The van der Waals surface area contributed by atoms with Crippen LogP contribution in [-0.2, 0) is 17.9 Å². The van der Waals surface area contributed by atoms with Crippen molar-refractivity contribution in [1.82, 2.24) is 14.7 Å². The highest BCUT2D eigenvalue weighted by Gasteiger charge is 2.27. The maximum Gasteiger partial charge on any atom is 0.210 e. The summed E-state index contributed by atoms with van der Waals surface area (Å²) in [6.07, 6.45) is 3.49. The van der Waals surface area contributed by atoms with E-state index in [0.717, 1.165) is 38.6 Å². The minimum atomic E-state index is 0.759. The first-order valence-electron chi connectivity index (χ1n) is 9.21. The average molecular weight is 328 g/mol. The number of carbonyl (C=O) groups is 1. The van der Waals surface area contributed by atoms with Crippen LogP contribution < -0.4 is 4.90 Å². The summed E-state index contributed by atoms with van der Waals surface area (Å²) >= 11 is 0. The first-order valence-corrected chi connectivity index (χ1v) is 9.21. The van der Waals surface area contributed by atoms with E-state index < -0.39 is 0 Å². The fraction of sp³-hybridized carbons (Fsp3) is 0.632. The fourth-order valence-corrected chi connectivity index (χ4v) is 4.35. The van der Waals surface area contributed by atoms with Gasteiger partial charge >= 0.3 is 0 Å². The van der Waals surface area contributed by atoms with Crippen LogP contribution >= 0.6 is 0 Å². The average Bonchev–Trinajstić information content (AvgIpc) is 3.05. The van der Waals surface area contributed by atoms with E-state index in [4.69, 9.17) is 0 Å². The maximum atomic E-state index is 11.0. The molecule has 0 aliphatic carbocycles. The van der Waals surface area contributed by atoms with Crippen molar-refractivity contribution in [3.05, 3.63) is 29.3 Å². The Morgan fingerprint density at radius 3 is 2.38 bits per heavy atom. The van der Waals surface area contributed by atoms with Crippen LogP contribution in [0.25, 0.3) is 0 Å². The largest absolute Gasteiger partial charge is 0.371 e. The molecule has 3 aliphatic heterocycles. The van der Waals surface area contributed by atoms with Crippen molar-refractivity contribution in [3.8, 4) is 0 Å². The Labute approximate surface area is 144 Å². The first kappa shape index (κ1) is 15.9. The van der Waals surface area contributed by atoms with E-state index in [9.17, 15) is 4.79 Å². The van der Waals surface area contributed by atoms with Gasteiger partial charge in [-0.15, -0.1) is 0 Å². The molecule has 1 aromatic carbocycles. The number of rotatable bonds is 3. The van der Waals surface area contributed by atoms with Gasteiger partial charge in [0.15, 0.2) is 0 Å². The SMILES string of the molecule is CN1CCN(C2CCN(c3ccc4c(c3)CN(C=O)C4)CC2)CC1. The summed E-state index contributed by atoms with van der Waals surface area (Å²) in [5, 5.41) is 0. The summed E-state index contributed by atoms with van der Waals surface area (Å²) in [6.45, 7) is 8.69. The van der Waals surface area contributed by atoms with E-state index in [0.29, 0.717) is 0 Å². The lowest BCUT2D eigenvalue weighted by Crippen LogP contribution is -2.52. The van der Waals surface area contributed by atoms with Crippen molar-refractivity contribution in [2.75, 3.05) is 51.2 Å². The number of piperidine rings is 1. The smallest absolute Gasteiger partial charge is 0.210 e. The van der Waals surface area contributed by atoms with Gasteiger partial charge in [-0.1, -0.05) is 6.07 Å². The highest BCUT2D eigenvalue weighted by Crippen LogP contribution is 2.29. The third kappa shape index (κ3) is 3.15. The van der Waals surface area contributed by atoms with Gasteiger partial charge in [-0.05, 0) is 43.1 Å². The van der Waals surface area contributed by atoms with Gasteiger partial charge in [0.25, 0.3) is 0 Å². The summed E-state index contributed by atoms with van der Waals surface area (Å²) in [4.78, 5) is 20.5. The lowest BCUT2D eigenvalue weighted by Gasteiger charge is -2.42.